The van der Waals surface area contributed by atoms with Crippen molar-refractivity contribution in [3.05, 3.63) is 86.1 Å². The molecule has 6 heteroatoms. The Kier molecular flexibility index (Phi) is 6.11. The predicted octanol–water partition coefficient (Wildman–Crippen LogP) is 1.38. The van der Waals surface area contributed by atoms with E-state index in [4.69, 9.17) is 0 Å². The molecule has 0 unspecified atom stereocenters. The third-order valence-corrected chi connectivity index (χ3v) is 3.99. The molecule has 2 rings (SSSR count). The van der Waals surface area contributed by atoms with E-state index in [0.29, 0.717) is 12.1 Å². The summed E-state index contributed by atoms with van der Waals surface area (Å²) in [5.41, 5.74) is 0.330. The highest BCUT2D eigenvalue weighted by molar-refractivity contribution is 5.49. The largest absolute Gasteiger partial charge is 0.347 e. The van der Waals surface area contributed by atoms with Crippen molar-refractivity contribution >= 4 is 12.2 Å². The lowest BCUT2D eigenvalue weighted by atomic mass is 9.88. The molecule has 0 amide bonds. The van der Waals surface area contributed by atoms with Crippen molar-refractivity contribution in [3.8, 4) is 0 Å². The quantitative estimate of drug-likeness (QED) is 0.541. The van der Waals surface area contributed by atoms with Crippen molar-refractivity contribution in [2.24, 2.45) is 0 Å². The Balaban J connectivity index is 2.47. The van der Waals surface area contributed by atoms with Gasteiger partial charge in [0.2, 0.25) is 0 Å². The highest BCUT2D eigenvalue weighted by Crippen LogP contribution is 2.24. The smallest absolute Gasteiger partial charge is 0.272 e. The Bertz CT molecular complexity index is 1060. The number of hydrogen-bond donors (Lipinski definition) is 3. The molecule has 136 valence electrons. The standard InChI is InChI=1S/C20H24N4O2/c1-5-7-8-9-10-11-14-18(25)24-16(19(26)23-14)12-15-17(22-13-21-15)20(3,4)6-2/h5-9,11-13H,2,10H2,1,3-4H3,(H,21,22)(H,23,26)(H,24,25)/b7-5-,9-8-,14-11+,16-12-. The minimum atomic E-state index is -0.376. The highest BCUT2D eigenvalue weighted by atomic mass is 16.1. The van der Waals surface area contributed by atoms with E-state index < -0.39 is 0 Å². The molecule has 2 aromatic rings. The van der Waals surface area contributed by atoms with Crippen molar-refractivity contribution in [1.82, 2.24) is 19.9 Å². The van der Waals surface area contributed by atoms with E-state index in [-0.39, 0.29) is 27.2 Å². The first kappa shape index (κ1) is 19.2. The minimum absolute atomic E-state index is 0.157. The first-order valence-electron chi connectivity index (χ1n) is 8.39. The maximum absolute atomic E-state index is 12.3. The summed E-state index contributed by atoms with van der Waals surface area (Å²) >= 11 is 0. The number of H-pyrrole nitrogens is 3. The van der Waals surface area contributed by atoms with Crippen molar-refractivity contribution in [2.45, 2.75) is 32.6 Å². The molecule has 0 aliphatic heterocycles. The van der Waals surface area contributed by atoms with Crippen LogP contribution in [0.2, 0.25) is 0 Å². The number of nitrogens with one attached hydrogen (secondary N) is 3. The van der Waals surface area contributed by atoms with Crippen molar-refractivity contribution in [1.29, 1.82) is 0 Å². The topological polar surface area (TPSA) is 94.4 Å². The van der Waals surface area contributed by atoms with Gasteiger partial charge in [-0.05, 0) is 19.4 Å². The van der Waals surface area contributed by atoms with E-state index in [1.807, 2.05) is 45.1 Å². The van der Waals surface area contributed by atoms with Gasteiger partial charge in [0.15, 0.2) is 0 Å². The second kappa shape index (κ2) is 8.29. The van der Waals surface area contributed by atoms with Crippen molar-refractivity contribution < 1.29 is 0 Å². The highest BCUT2D eigenvalue weighted by Gasteiger charge is 2.21. The Hall–Kier alpha value is -3.15. The number of imidazole rings is 1. The van der Waals surface area contributed by atoms with Gasteiger partial charge in [0.25, 0.3) is 11.1 Å². The number of rotatable bonds is 6. The third-order valence-electron chi connectivity index (χ3n) is 3.99. The second-order valence-corrected chi connectivity index (χ2v) is 6.36. The number of hydrogen-bond acceptors (Lipinski definition) is 3. The molecule has 0 spiro atoms. The van der Waals surface area contributed by atoms with Gasteiger partial charge in [-0.15, -0.1) is 6.58 Å². The van der Waals surface area contributed by atoms with Crippen molar-refractivity contribution in [3.63, 3.8) is 0 Å². The maximum atomic E-state index is 12.3. The Morgan fingerprint density at radius 1 is 1.15 bits per heavy atom. The minimum Gasteiger partial charge on any atom is -0.347 e. The maximum Gasteiger partial charge on any atom is 0.272 e. The summed E-state index contributed by atoms with van der Waals surface area (Å²) in [6.07, 6.45) is 14.7. The van der Waals surface area contributed by atoms with E-state index in [2.05, 4.69) is 26.5 Å². The molecule has 0 aliphatic carbocycles. The van der Waals surface area contributed by atoms with Crippen LogP contribution in [0.1, 0.15) is 38.6 Å². The van der Waals surface area contributed by atoms with Crippen LogP contribution in [0.25, 0.3) is 12.2 Å². The summed E-state index contributed by atoms with van der Waals surface area (Å²) in [7, 11) is 0. The Labute approximate surface area is 151 Å². The lowest BCUT2D eigenvalue weighted by molar-refractivity contribution is 0.648. The normalized spacial score (nSPS) is 14.0. The van der Waals surface area contributed by atoms with Gasteiger partial charge in [0.05, 0.1) is 17.7 Å². The van der Waals surface area contributed by atoms with E-state index in [1.165, 1.54) is 0 Å². The molecule has 0 saturated carbocycles. The Morgan fingerprint density at radius 2 is 1.85 bits per heavy atom. The van der Waals surface area contributed by atoms with Crippen LogP contribution >= 0.6 is 0 Å². The van der Waals surface area contributed by atoms with E-state index in [1.54, 1.807) is 24.6 Å². The fourth-order valence-corrected chi connectivity index (χ4v) is 2.36. The lowest BCUT2D eigenvalue weighted by Crippen LogP contribution is -2.46. The molecule has 0 aromatic carbocycles. The fraction of sp³-hybridized carbons (Fsp3) is 0.250. The van der Waals surface area contributed by atoms with Crippen LogP contribution in [0.4, 0.5) is 0 Å². The van der Waals surface area contributed by atoms with Crippen LogP contribution in [-0.2, 0) is 5.41 Å². The SMILES string of the molecule is C=CC(C)(C)c1[nH]cnc1/C=c1\[nH]c(=O)/c(=C\C/C=C\C=C/C)[nH]c1=O. The first-order valence-corrected chi connectivity index (χ1v) is 8.39. The van der Waals surface area contributed by atoms with Gasteiger partial charge >= 0.3 is 0 Å². The van der Waals surface area contributed by atoms with Gasteiger partial charge in [0, 0.05) is 5.41 Å². The van der Waals surface area contributed by atoms with Crippen LogP contribution in [0.15, 0.2) is 52.9 Å². The average Bonchev–Trinajstić information content (AvgIpc) is 3.07. The summed E-state index contributed by atoms with van der Waals surface area (Å²) in [6.45, 7) is 9.72. The lowest BCUT2D eigenvalue weighted by Gasteiger charge is -2.18. The molecule has 0 fully saturated rings. The molecule has 0 atom stereocenters. The van der Waals surface area contributed by atoms with Crippen LogP contribution in [0.3, 0.4) is 0 Å². The number of aromatic nitrogens is 4. The van der Waals surface area contributed by atoms with Gasteiger partial charge in [0.1, 0.15) is 10.7 Å². The summed E-state index contributed by atoms with van der Waals surface area (Å²) in [5.74, 6) is 0. The fourth-order valence-electron chi connectivity index (χ4n) is 2.36. The van der Waals surface area contributed by atoms with Gasteiger partial charge in [-0.1, -0.05) is 50.3 Å². The zero-order valence-corrected chi connectivity index (χ0v) is 15.3. The monoisotopic (exact) mass is 352 g/mol. The average molecular weight is 352 g/mol. The van der Waals surface area contributed by atoms with Gasteiger partial charge in [-0.2, -0.15) is 0 Å². The summed E-state index contributed by atoms with van der Waals surface area (Å²) in [4.78, 5) is 37.1. The molecule has 26 heavy (non-hydrogen) atoms. The molecule has 0 radical (unpaired) electrons. The van der Waals surface area contributed by atoms with E-state index in [0.717, 1.165) is 5.69 Å². The third kappa shape index (κ3) is 4.47. The molecule has 6 nitrogen and oxygen atoms in total. The van der Waals surface area contributed by atoms with Gasteiger partial charge in [-0.25, -0.2) is 4.98 Å². The van der Waals surface area contributed by atoms with Crippen LogP contribution in [0.5, 0.6) is 0 Å². The zero-order valence-electron chi connectivity index (χ0n) is 15.3. The summed E-state index contributed by atoms with van der Waals surface area (Å²) in [5, 5.41) is 0.399. The van der Waals surface area contributed by atoms with Gasteiger partial charge < -0.3 is 15.0 Å². The molecular formula is C20H24N4O2. The summed E-state index contributed by atoms with van der Waals surface area (Å²) in [6, 6.07) is 0. The molecule has 0 aliphatic rings. The number of aromatic amines is 3. The molecule has 0 bridgehead atoms. The number of allylic oxidation sites excluding steroid dienone is 5. The molecule has 2 aromatic heterocycles. The number of nitrogens with zero attached hydrogens (tertiary/aromatic N) is 1. The predicted molar refractivity (Wildman–Crippen MR) is 105 cm³/mol. The Morgan fingerprint density at radius 3 is 2.54 bits per heavy atom. The molecule has 0 saturated heterocycles. The van der Waals surface area contributed by atoms with E-state index in [9.17, 15) is 9.59 Å². The van der Waals surface area contributed by atoms with Crippen LogP contribution in [0, 0.1) is 0 Å². The zero-order chi connectivity index (χ0) is 19.2. The summed E-state index contributed by atoms with van der Waals surface area (Å²) < 4.78 is 0. The second-order valence-electron chi connectivity index (χ2n) is 6.36. The first-order chi connectivity index (χ1) is 12.4. The van der Waals surface area contributed by atoms with Crippen LogP contribution < -0.4 is 21.8 Å². The molecular weight excluding hydrogens is 328 g/mol. The molecule has 3 N–H and O–H groups in total. The van der Waals surface area contributed by atoms with E-state index >= 15 is 0 Å². The van der Waals surface area contributed by atoms with Gasteiger partial charge in [-0.3, -0.25) is 9.59 Å². The van der Waals surface area contributed by atoms with Crippen LogP contribution in [-0.4, -0.2) is 19.9 Å². The molecule has 2 heterocycles. The van der Waals surface area contributed by atoms with Crippen molar-refractivity contribution in [2.75, 3.05) is 0 Å².